The van der Waals surface area contributed by atoms with Gasteiger partial charge in [0.15, 0.2) is 0 Å². The van der Waals surface area contributed by atoms with Crippen LogP contribution in [-0.4, -0.2) is 40.6 Å². The van der Waals surface area contributed by atoms with E-state index in [4.69, 9.17) is 15.6 Å². The molecule has 0 aliphatic carbocycles. The van der Waals surface area contributed by atoms with Crippen LogP contribution in [0, 0.1) is 5.41 Å². The monoisotopic (exact) mass is 305 g/mol. The summed E-state index contributed by atoms with van der Waals surface area (Å²) in [6.45, 7) is 1.63. The molecular formula is C13H11N3O6. The fourth-order valence-corrected chi connectivity index (χ4v) is 1.34. The van der Waals surface area contributed by atoms with Crippen LogP contribution in [0.5, 0.6) is 0 Å². The lowest BCUT2D eigenvalue weighted by atomic mass is 10.1. The molecule has 114 valence electrons. The number of carbonyl (C=O) groups is 3. The second kappa shape index (κ2) is 7.46. The van der Waals surface area contributed by atoms with Crippen LogP contribution in [0.25, 0.3) is 0 Å². The first-order valence-electron chi connectivity index (χ1n) is 5.89. The average Bonchev–Trinajstić information content (AvgIpc) is 2.47. The molecule has 0 radical (unpaired) electrons. The molecular weight excluding hydrogens is 294 g/mol. The Morgan fingerprint density at radius 2 is 1.73 bits per heavy atom. The van der Waals surface area contributed by atoms with Gasteiger partial charge in [-0.3, -0.25) is 5.41 Å². The number of carbonyl (C=O) groups excluding carboxylic acids is 1. The number of nitrogens with zero attached hydrogens (tertiary/aromatic N) is 2. The molecule has 3 N–H and O–H groups in total. The van der Waals surface area contributed by atoms with E-state index in [2.05, 4.69) is 15.0 Å². The number of benzene rings is 1. The van der Waals surface area contributed by atoms with Crippen molar-refractivity contribution < 1.29 is 29.3 Å². The maximum atomic E-state index is 11.4. The fraction of sp³-hybridized carbons (Fsp3) is 0.154. The smallest absolute Gasteiger partial charge is 0.368 e. The second-order valence-electron chi connectivity index (χ2n) is 3.77. The minimum atomic E-state index is -1.34. The molecule has 0 amide bonds. The van der Waals surface area contributed by atoms with E-state index in [0.717, 1.165) is 18.2 Å². The Balaban J connectivity index is 3.18. The number of carboxylic acids is 2. The molecule has 0 saturated heterocycles. The number of hydrogen-bond donors (Lipinski definition) is 3. The van der Waals surface area contributed by atoms with Gasteiger partial charge in [-0.15, -0.1) is 10.2 Å². The molecule has 0 unspecified atom stereocenters. The Morgan fingerprint density at radius 3 is 2.14 bits per heavy atom. The van der Waals surface area contributed by atoms with Crippen molar-refractivity contribution in [2.45, 2.75) is 6.92 Å². The zero-order valence-corrected chi connectivity index (χ0v) is 11.4. The Bertz CT molecular complexity index is 671. The number of hydrogen-bond acceptors (Lipinski definition) is 7. The van der Waals surface area contributed by atoms with E-state index in [1.54, 1.807) is 12.8 Å². The lowest BCUT2D eigenvalue weighted by Crippen LogP contribution is -2.06. The molecule has 0 fully saturated rings. The number of aromatic carboxylic acids is 2. The molecule has 0 saturated carbocycles. The zero-order valence-electron chi connectivity index (χ0n) is 11.4. The van der Waals surface area contributed by atoms with E-state index < -0.39 is 23.6 Å². The lowest BCUT2D eigenvalue weighted by Gasteiger charge is -2.01. The molecule has 0 aliphatic heterocycles. The summed E-state index contributed by atoms with van der Waals surface area (Å²) in [5.74, 6) is -1.87. The molecule has 0 spiro atoms. The van der Waals surface area contributed by atoms with E-state index >= 15 is 0 Å². The van der Waals surface area contributed by atoms with Crippen molar-refractivity contribution in [2.24, 2.45) is 10.2 Å². The maximum Gasteiger partial charge on any atom is 0.368 e. The van der Waals surface area contributed by atoms with Gasteiger partial charge in [0.1, 0.15) is 0 Å². The van der Waals surface area contributed by atoms with Crippen molar-refractivity contribution in [2.75, 3.05) is 6.61 Å². The molecule has 1 aromatic rings. The third-order valence-corrected chi connectivity index (χ3v) is 2.26. The average molecular weight is 305 g/mol. The van der Waals surface area contributed by atoms with Crippen molar-refractivity contribution in [3.05, 3.63) is 35.0 Å². The summed E-state index contributed by atoms with van der Waals surface area (Å²) >= 11 is 0. The second-order valence-corrected chi connectivity index (χ2v) is 3.77. The van der Waals surface area contributed by atoms with Crippen LogP contribution < -0.4 is 0 Å². The van der Waals surface area contributed by atoms with Crippen LogP contribution >= 0.6 is 0 Å². The predicted octanol–water partition coefficient (Wildman–Crippen LogP) is 1.86. The number of esters is 1. The summed E-state index contributed by atoms with van der Waals surface area (Å²) in [5.41, 5.74) is -1.23. The normalized spacial score (nSPS) is 10.0. The van der Waals surface area contributed by atoms with E-state index in [1.807, 2.05) is 0 Å². The highest BCUT2D eigenvalue weighted by atomic mass is 16.5. The molecule has 0 atom stereocenters. The Kier molecular flexibility index (Phi) is 5.67. The number of rotatable bonds is 6. The molecule has 9 nitrogen and oxygen atoms in total. The zero-order chi connectivity index (χ0) is 16.7. The topological polar surface area (TPSA) is 149 Å². The molecule has 0 bridgehead atoms. The third kappa shape index (κ3) is 4.36. The molecule has 0 aromatic heterocycles. The van der Waals surface area contributed by atoms with Gasteiger partial charge in [-0.05, 0) is 25.1 Å². The molecule has 1 aromatic carbocycles. The molecule has 22 heavy (non-hydrogen) atoms. The Hall–Kier alpha value is -3.32. The van der Waals surface area contributed by atoms with Crippen LogP contribution in [0.2, 0.25) is 0 Å². The number of nitrogens with one attached hydrogen (secondary N) is 1. The highest BCUT2D eigenvalue weighted by Gasteiger charge is 2.13. The highest BCUT2D eigenvalue weighted by molar-refractivity contribution is 5.97. The van der Waals surface area contributed by atoms with Crippen molar-refractivity contribution >= 4 is 29.5 Å². The minimum Gasteiger partial charge on any atom is -0.478 e. The third-order valence-electron chi connectivity index (χ3n) is 2.26. The molecule has 9 heteroatoms. The van der Waals surface area contributed by atoms with Crippen molar-refractivity contribution in [1.82, 2.24) is 0 Å². The van der Waals surface area contributed by atoms with Gasteiger partial charge in [0.05, 0.1) is 23.4 Å². The van der Waals surface area contributed by atoms with Crippen LogP contribution in [0.3, 0.4) is 0 Å². The molecule has 0 aliphatic rings. The summed E-state index contributed by atoms with van der Waals surface area (Å²) < 4.78 is 4.61. The van der Waals surface area contributed by atoms with Crippen LogP contribution in [-0.2, 0) is 9.53 Å². The van der Waals surface area contributed by atoms with Gasteiger partial charge >= 0.3 is 17.9 Å². The standard InChI is InChI=1S/C13H11N3O6/c1-2-22-13(21)10(6-14)16-15-9-4-7(11(17)18)3-8(5-9)12(19)20/h3-5,14H,2H2,1H3,(H,17,18)(H,19,20). The number of carboxylic acid groups (broad SMARTS) is 2. The number of azo groups is 1. The Morgan fingerprint density at radius 1 is 1.18 bits per heavy atom. The SMILES string of the molecule is CCOC(=O)C(=C=N)N=Nc1cc(C(=O)O)cc(C(=O)O)c1. The quantitative estimate of drug-likeness (QED) is 0.316. The van der Waals surface area contributed by atoms with Crippen molar-refractivity contribution in [1.29, 1.82) is 5.41 Å². The van der Waals surface area contributed by atoms with Gasteiger partial charge < -0.3 is 14.9 Å². The first-order valence-corrected chi connectivity index (χ1v) is 5.89. The first kappa shape index (κ1) is 16.7. The van der Waals surface area contributed by atoms with Gasteiger partial charge in [0.2, 0.25) is 5.70 Å². The largest absolute Gasteiger partial charge is 0.478 e. The minimum absolute atomic E-state index is 0.0667. The summed E-state index contributed by atoms with van der Waals surface area (Å²) in [6, 6.07) is 3.11. The lowest BCUT2D eigenvalue weighted by molar-refractivity contribution is -0.138. The predicted molar refractivity (Wildman–Crippen MR) is 72.7 cm³/mol. The summed E-state index contributed by atoms with van der Waals surface area (Å²) in [6.07, 6.45) is 0. The highest BCUT2D eigenvalue weighted by Crippen LogP contribution is 2.19. The number of ether oxygens (including phenoxy) is 1. The van der Waals surface area contributed by atoms with Crippen LogP contribution in [0.1, 0.15) is 27.6 Å². The van der Waals surface area contributed by atoms with Gasteiger partial charge in [-0.2, -0.15) is 0 Å². The van der Waals surface area contributed by atoms with Crippen LogP contribution in [0.4, 0.5) is 5.69 Å². The summed E-state index contributed by atoms with van der Waals surface area (Å²) in [5, 5.41) is 31.7. The summed E-state index contributed by atoms with van der Waals surface area (Å²) in [7, 11) is 0. The van der Waals surface area contributed by atoms with Gasteiger partial charge in [-0.1, -0.05) is 0 Å². The fourth-order valence-electron chi connectivity index (χ4n) is 1.34. The van der Waals surface area contributed by atoms with E-state index in [1.165, 1.54) is 0 Å². The maximum absolute atomic E-state index is 11.4. The summed E-state index contributed by atoms with van der Waals surface area (Å²) in [4.78, 5) is 33.2. The van der Waals surface area contributed by atoms with Gasteiger partial charge in [-0.25, -0.2) is 14.4 Å². The van der Waals surface area contributed by atoms with Crippen molar-refractivity contribution in [3.63, 3.8) is 0 Å². The first-order chi connectivity index (χ1) is 10.4. The van der Waals surface area contributed by atoms with E-state index in [-0.39, 0.29) is 23.4 Å². The van der Waals surface area contributed by atoms with E-state index in [0.29, 0.717) is 0 Å². The molecule has 1 rings (SSSR count). The van der Waals surface area contributed by atoms with Crippen LogP contribution in [0.15, 0.2) is 34.1 Å². The van der Waals surface area contributed by atoms with E-state index in [9.17, 15) is 14.4 Å². The van der Waals surface area contributed by atoms with Gasteiger partial charge in [0.25, 0.3) is 0 Å². The molecule has 0 heterocycles. The Labute approximate surface area is 124 Å². The van der Waals surface area contributed by atoms with Gasteiger partial charge in [0, 0.05) is 5.87 Å². The van der Waals surface area contributed by atoms with Crippen molar-refractivity contribution in [3.8, 4) is 0 Å².